The Kier molecular flexibility index (Phi) is 8.88. The number of aromatic nitrogens is 1. The number of amides is 1. The lowest BCUT2D eigenvalue weighted by molar-refractivity contribution is -0.122. The van der Waals surface area contributed by atoms with E-state index >= 15 is 0 Å². The molecule has 0 saturated heterocycles. The highest BCUT2D eigenvalue weighted by molar-refractivity contribution is 5.89. The van der Waals surface area contributed by atoms with Crippen LogP contribution in [0.4, 0.5) is 11.4 Å². The molecule has 1 amide bonds. The molecular weight excluding hydrogens is 490 g/mol. The number of nitrogens with zero attached hydrogens (tertiary/aromatic N) is 3. The second kappa shape index (κ2) is 12.5. The molecule has 1 aromatic heterocycles. The van der Waals surface area contributed by atoms with E-state index in [0.29, 0.717) is 35.9 Å². The first-order valence-electron chi connectivity index (χ1n) is 13.1. The lowest BCUT2D eigenvalue weighted by atomic mass is 10.0. The van der Waals surface area contributed by atoms with Gasteiger partial charge in [-0.2, -0.15) is 0 Å². The zero-order chi connectivity index (χ0) is 27.9. The SMILES string of the molecule is CCOc1cc(C(C(=O)NCc2cccc(N(C)C)c2)N(N)c2ccc3cnccc3c2)ccc1OC(C)C. The van der Waals surface area contributed by atoms with Gasteiger partial charge in [-0.1, -0.05) is 24.3 Å². The molecule has 0 aliphatic heterocycles. The van der Waals surface area contributed by atoms with Gasteiger partial charge in [0.1, 0.15) is 6.04 Å². The van der Waals surface area contributed by atoms with Crippen LogP contribution in [0.25, 0.3) is 10.8 Å². The summed E-state index contributed by atoms with van der Waals surface area (Å²) in [7, 11) is 3.98. The first-order chi connectivity index (χ1) is 18.8. The van der Waals surface area contributed by atoms with Crippen molar-refractivity contribution in [2.24, 2.45) is 5.84 Å². The van der Waals surface area contributed by atoms with Gasteiger partial charge in [0, 0.05) is 44.1 Å². The quantitative estimate of drug-likeness (QED) is 0.204. The van der Waals surface area contributed by atoms with E-state index < -0.39 is 6.04 Å². The molecule has 8 heteroatoms. The minimum atomic E-state index is -0.825. The molecule has 0 fully saturated rings. The van der Waals surface area contributed by atoms with Gasteiger partial charge in [-0.05, 0) is 79.7 Å². The van der Waals surface area contributed by atoms with E-state index in [1.807, 2.05) is 100 Å². The number of carbonyl (C=O) groups excluding carboxylic acids is 1. The third kappa shape index (κ3) is 6.78. The van der Waals surface area contributed by atoms with Crippen molar-refractivity contribution < 1.29 is 14.3 Å². The summed E-state index contributed by atoms with van der Waals surface area (Å²) >= 11 is 0. The molecule has 39 heavy (non-hydrogen) atoms. The van der Waals surface area contributed by atoms with Crippen LogP contribution in [0.15, 0.2) is 79.1 Å². The number of rotatable bonds is 11. The van der Waals surface area contributed by atoms with Crippen molar-refractivity contribution in [2.45, 2.75) is 39.5 Å². The monoisotopic (exact) mass is 527 g/mol. The number of anilines is 2. The van der Waals surface area contributed by atoms with E-state index in [9.17, 15) is 4.79 Å². The van der Waals surface area contributed by atoms with Gasteiger partial charge in [0.05, 0.1) is 18.4 Å². The number of fused-ring (bicyclic) bond motifs is 1. The fourth-order valence-corrected chi connectivity index (χ4v) is 4.36. The smallest absolute Gasteiger partial charge is 0.249 e. The third-order valence-electron chi connectivity index (χ3n) is 6.29. The Bertz CT molecular complexity index is 1420. The summed E-state index contributed by atoms with van der Waals surface area (Å²) in [4.78, 5) is 20.0. The molecular formula is C31H37N5O3. The summed E-state index contributed by atoms with van der Waals surface area (Å²) in [6.07, 6.45) is 3.51. The van der Waals surface area contributed by atoms with Crippen LogP contribution in [0, 0.1) is 0 Å². The fraction of sp³-hybridized carbons (Fsp3) is 0.290. The van der Waals surface area contributed by atoms with Crippen LogP contribution < -0.4 is 30.5 Å². The second-order valence-electron chi connectivity index (χ2n) is 9.80. The summed E-state index contributed by atoms with van der Waals surface area (Å²) in [6, 6.07) is 20.5. The number of benzene rings is 3. The Morgan fingerprint density at radius 3 is 2.54 bits per heavy atom. The maximum Gasteiger partial charge on any atom is 0.249 e. The van der Waals surface area contributed by atoms with E-state index in [1.54, 1.807) is 12.4 Å². The van der Waals surface area contributed by atoms with E-state index in [-0.39, 0.29) is 12.0 Å². The highest BCUT2D eigenvalue weighted by Crippen LogP contribution is 2.34. The lowest BCUT2D eigenvalue weighted by Crippen LogP contribution is -2.44. The molecule has 3 aromatic carbocycles. The molecule has 1 atom stereocenters. The van der Waals surface area contributed by atoms with E-state index in [4.69, 9.17) is 15.3 Å². The summed E-state index contributed by atoms with van der Waals surface area (Å²) in [5, 5.41) is 6.56. The number of pyridine rings is 1. The molecule has 0 saturated carbocycles. The molecule has 8 nitrogen and oxygen atoms in total. The lowest BCUT2D eigenvalue weighted by Gasteiger charge is -2.29. The van der Waals surface area contributed by atoms with Crippen molar-refractivity contribution in [1.29, 1.82) is 0 Å². The minimum Gasteiger partial charge on any atom is -0.490 e. The number of nitrogens with one attached hydrogen (secondary N) is 1. The number of nitrogens with two attached hydrogens (primary N) is 1. The van der Waals surface area contributed by atoms with Crippen LogP contribution >= 0.6 is 0 Å². The average Bonchev–Trinajstić information content (AvgIpc) is 2.93. The molecule has 0 spiro atoms. The summed E-state index contributed by atoms with van der Waals surface area (Å²) in [5.74, 6) is 7.67. The van der Waals surface area contributed by atoms with Gasteiger partial charge in [0.15, 0.2) is 11.5 Å². The van der Waals surface area contributed by atoms with Crippen molar-refractivity contribution in [2.75, 3.05) is 30.6 Å². The standard InChI is InChI=1S/C31H37N5O3/c1-6-38-29-18-24(11-13-28(29)39-21(2)3)30(31(37)34-19-22-8-7-9-26(16-22)35(4)5)36(32)27-12-10-25-20-33-15-14-23(25)17-27/h7-18,20-21,30H,6,19,32H2,1-5H3,(H,34,37). The molecule has 0 aliphatic rings. The molecule has 4 rings (SSSR count). The molecule has 204 valence electrons. The van der Waals surface area contributed by atoms with Crippen LogP contribution in [0.5, 0.6) is 11.5 Å². The molecule has 0 bridgehead atoms. The number of ether oxygens (including phenoxy) is 2. The summed E-state index contributed by atoms with van der Waals surface area (Å²) < 4.78 is 11.8. The molecule has 1 unspecified atom stereocenters. The molecule has 4 aromatic rings. The Morgan fingerprint density at radius 2 is 1.79 bits per heavy atom. The van der Waals surface area contributed by atoms with E-state index in [1.165, 1.54) is 5.01 Å². The van der Waals surface area contributed by atoms with Crippen LogP contribution in [0.3, 0.4) is 0 Å². The van der Waals surface area contributed by atoms with E-state index in [2.05, 4.69) is 16.4 Å². The Balaban J connectivity index is 1.69. The summed E-state index contributed by atoms with van der Waals surface area (Å²) in [5.41, 5.74) is 3.44. The zero-order valence-corrected chi connectivity index (χ0v) is 23.2. The van der Waals surface area contributed by atoms with Crippen molar-refractivity contribution in [3.05, 3.63) is 90.3 Å². The van der Waals surface area contributed by atoms with Gasteiger partial charge in [-0.25, -0.2) is 5.84 Å². The van der Waals surface area contributed by atoms with Crippen molar-refractivity contribution >= 4 is 28.1 Å². The first kappa shape index (κ1) is 27.7. The maximum atomic E-state index is 13.8. The number of hydrogen-bond donors (Lipinski definition) is 2. The zero-order valence-electron chi connectivity index (χ0n) is 23.2. The Labute approximate surface area is 230 Å². The predicted molar refractivity (Wildman–Crippen MR) is 157 cm³/mol. The van der Waals surface area contributed by atoms with E-state index in [0.717, 1.165) is 22.0 Å². The van der Waals surface area contributed by atoms with Gasteiger partial charge < -0.3 is 19.7 Å². The van der Waals surface area contributed by atoms with Crippen LogP contribution in [0.2, 0.25) is 0 Å². The second-order valence-corrected chi connectivity index (χ2v) is 9.80. The predicted octanol–water partition coefficient (Wildman–Crippen LogP) is 5.22. The normalized spacial score (nSPS) is 11.8. The van der Waals surface area contributed by atoms with Gasteiger partial charge >= 0.3 is 0 Å². The summed E-state index contributed by atoms with van der Waals surface area (Å²) in [6.45, 7) is 6.66. The topological polar surface area (TPSA) is 93.0 Å². The first-order valence-corrected chi connectivity index (χ1v) is 13.1. The maximum absolute atomic E-state index is 13.8. The van der Waals surface area contributed by atoms with Crippen LogP contribution in [-0.4, -0.2) is 37.7 Å². The number of hydrazine groups is 1. The van der Waals surface area contributed by atoms with Gasteiger partial charge in [0.25, 0.3) is 0 Å². The molecule has 0 radical (unpaired) electrons. The highest BCUT2D eigenvalue weighted by atomic mass is 16.5. The Hall–Kier alpha value is -4.30. The van der Waals surface area contributed by atoms with Gasteiger partial charge in [-0.15, -0.1) is 0 Å². The third-order valence-corrected chi connectivity index (χ3v) is 6.29. The number of carbonyl (C=O) groups is 1. The van der Waals surface area contributed by atoms with Crippen LogP contribution in [-0.2, 0) is 11.3 Å². The Morgan fingerprint density at radius 1 is 0.974 bits per heavy atom. The molecule has 1 heterocycles. The largest absolute Gasteiger partial charge is 0.490 e. The van der Waals surface area contributed by atoms with Crippen LogP contribution in [0.1, 0.15) is 37.9 Å². The van der Waals surface area contributed by atoms with Crippen molar-refractivity contribution in [3.8, 4) is 11.5 Å². The molecule has 0 aliphatic carbocycles. The number of hydrogen-bond acceptors (Lipinski definition) is 7. The highest BCUT2D eigenvalue weighted by Gasteiger charge is 2.28. The fourth-order valence-electron chi connectivity index (χ4n) is 4.36. The van der Waals surface area contributed by atoms with Crippen molar-refractivity contribution in [3.63, 3.8) is 0 Å². The van der Waals surface area contributed by atoms with Gasteiger partial charge in [-0.3, -0.25) is 14.8 Å². The van der Waals surface area contributed by atoms with Gasteiger partial charge in [0.2, 0.25) is 5.91 Å². The average molecular weight is 528 g/mol. The minimum absolute atomic E-state index is 0.0230. The molecule has 3 N–H and O–H groups in total. The van der Waals surface area contributed by atoms with Crippen molar-refractivity contribution in [1.82, 2.24) is 10.3 Å².